The Bertz CT molecular complexity index is 1280. The Balaban J connectivity index is 1.35. The SMILES string of the molecule is Cc1cccc(CCN(CC(=O)O)C(=O)CCc2ccc3c(c2)CC(C)(Cc2ccc(C(C)C)cc2)O3)c1. The van der Waals surface area contributed by atoms with Crippen LogP contribution in [0.25, 0.3) is 0 Å². The molecule has 5 nitrogen and oxygen atoms in total. The van der Waals surface area contributed by atoms with E-state index in [1.807, 2.05) is 37.3 Å². The first kappa shape index (κ1) is 27.4. The molecule has 1 heterocycles. The van der Waals surface area contributed by atoms with Crippen molar-refractivity contribution >= 4 is 11.9 Å². The number of hydrogen-bond acceptors (Lipinski definition) is 3. The lowest BCUT2D eigenvalue weighted by Gasteiger charge is -2.24. The molecule has 0 saturated carbocycles. The van der Waals surface area contributed by atoms with Crippen molar-refractivity contribution in [3.05, 3.63) is 100 Å². The summed E-state index contributed by atoms with van der Waals surface area (Å²) in [6.45, 7) is 8.70. The van der Waals surface area contributed by atoms with E-state index in [-0.39, 0.29) is 24.5 Å². The third kappa shape index (κ3) is 7.25. The molecule has 0 spiro atoms. The molecule has 0 radical (unpaired) electrons. The number of aliphatic carboxylic acids is 1. The molecule has 0 saturated heterocycles. The highest BCUT2D eigenvalue weighted by atomic mass is 16.5. The van der Waals surface area contributed by atoms with Crippen molar-refractivity contribution in [2.45, 2.75) is 71.3 Å². The van der Waals surface area contributed by atoms with Gasteiger partial charge in [-0.05, 0) is 66.5 Å². The van der Waals surface area contributed by atoms with Crippen LogP contribution in [0.1, 0.15) is 66.5 Å². The second-order valence-corrected chi connectivity index (χ2v) is 11.2. The smallest absolute Gasteiger partial charge is 0.323 e. The van der Waals surface area contributed by atoms with Crippen LogP contribution < -0.4 is 4.74 Å². The molecule has 1 unspecified atom stereocenters. The van der Waals surface area contributed by atoms with Gasteiger partial charge in [0.05, 0.1) is 0 Å². The van der Waals surface area contributed by atoms with Gasteiger partial charge in [0.15, 0.2) is 0 Å². The summed E-state index contributed by atoms with van der Waals surface area (Å²) in [7, 11) is 0. The van der Waals surface area contributed by atoms with E-state index in [2.05, 4.69) is 57.2 Å². The number of benzene rings is 3. The predicted molar refractivity (Wildman–Crippen MR) is 151 cm³/mol. The summed E-state index contributed by atoms with van der Waals surface area (Å²) < 4.78 is 6.38. The highest BCUT2D eigenvalue weighted by Gasteiger charge is 2.35. The second kappa shape index (κ2) is 11.8. The van der Waals surface area contributed by atoms with E-state index in [9.17, 15) is 14.7 Å². The van der Waals surface area contributed by atoms with Crippen LogP contribution in [-0.4, -0.2) is 40.6 Å². The van der Waals surface area contributed by atoms with Gasteiger partial charge in [-0.2, -0.15) is 0 Å². The number of hydrogen-bond donors (Lipinski definition) is 1. The highest BCUT2D eigenvalue weighted by molar-refractivity contribution is 5.81. The average molecular weight is 514 g/mol. The molecule has 4 rings (SSSR count). The Labute approximate surface area is 226 Å². The van der Waals surface area contributed by atoms with Gasteiger partial charge in [0.2, 0.25) is 5.91 Å². The van der Waals surface area contributed by atoms with E-state index in [4.69, 9.17) is 4.74 Å². The molecule has 0 aliphatic carbocycles. The zero-order valence-corrected chi connectivity index (χ0v) is 23.0. The number of amides is 1. The molecule has 3 aromatic carbocycles. The fourth-order valence-electron chi connectivity index (χ4n) is 5.28. The van der Waals surface area contributed by atoms with Crippen molar-refractivity contribution in [1.29, 1.82) is 0 Å². The van der Waals surface area contributed by atoms with Crippen LogP contribution in [0.2, 0.25) is 0 Å². The molecule has 5 heteroatoms. The van der Waals surface area contributed by atoms with Gasteiger partial charge in [-0.25, -0.2) is 0 Å². The number of carboxylic acid groups (broad SMARTS) is 1. The zero-order valence-electron chi connectivity index (χ0n) is 23.0. The third-order valence-electron chi connectivity index (χ3n) is 7.33. The van der Waals surface area contributed by atoms with E-state index in [1.165, 1.54) is 16.0 Å². The third-order valence-corrected chi connectivity index (χ3v) is 7.33. The van der Waals surface area contributed by atoms with Crippen molar-refractivity contribution in [1.82, 2.24) is 4.90 Å². The Morgan fingerprint density at radius 1 is 0.974 bits per heavy atom. The predicted octanol–water partition coefficient (Wildman–Crippen LogP) is 6.14. The molecule has 200 valence electrons. The Morgan fingerprint density at radius 2 is 1.68 bits per heavy atom. The molecular formula is C33H39NO4. The molecule has 38 heavy (non-hydrogen) atoms. The Kier molecular flexibility index (Phi) is 8.55. The minimum Gasteiger partial charge on any atom is -0.487 e. The summed E-state index contributed by atoms with van der Waals surface area (Å²) in [6.07, 6.45) is 3.13. The topological polar surface area (TPSA) is 66.8 Å². The van der Waals surface area contributed by atoms with Crippen LogP contribution in [0.15, 0.2) is 66.7 Å². The average Bonchev–Trinajstić information content (AvgIpc) is 3.20. The zero-order chi connectivity index (χ0) is 27.3. The summed E-state index contributed by atoms with van der Waals surface area (Å²) in [6, 6.07) is 23.1. The number of rotatable bonds is 11. The molecule has 1 amide bonds. The van der Waals surface area contributed by atoms with Crippen LogP contribution in [0.4, 0.5) is 0 Å². The van der Waals surface area contributed by atoms with Gasteiger partial charge in [-0.3, -0.25) is 9.59 Å². The van der Waals surface area contributed by atoms with Crippen molar-refractivity contribution in [3.8, 4) is 5.75 Å². The summed E-state index contributed by atoms with van der Waals surface area (Å²) in [5.74, 6) is 0.301. The lowest BCUT2D eigenvalue weighted by molar-refractivity contribution is -0.144. The van der Waals surface area contributed by atoms with E-state index < -0.39 is 5.97 Å². The van der Waals surface area contributed by atoms with E-state index >= 15 is 0 Å². The normalized spacial score (nSPS) is 16.2. The number of nitrogens with zero attached hydrogens (tertiary/aromatic N) is 1. The van der Waals surface area contributed by atoms with Gasteiger partial charge in [-0.15, -0.1) is 0 Å². The van der Waals surface area contributed by atoms with Gasteiger partial charge in [0.1, 0.15) is 17.9 Å². The van der Waals surface area contributed by atoms with Gasteiger partial charge in [-0.1, -0.05) is 80.1 Å². The first-order valence-electron chi connectivity index (χ1n) is 13.5. The van der Waals surface area contributed by atoms with Crippen molar-refractivity contribution in [2.75, 3.05) is 13.1 Å². The first-order chi connectivity index (χ1) is 18.1. The maximum Gasteiger partial charge on any atom is 0.323 e. The van der Waals surface area contributed by atoms with E-state index in [1.54, 1.807) is 0 Å². The van der Waals surface area contributed by atoms with E-state index in [0.29, 0.717) is 25.3 Å². The molecule has 0 bridgehead atoms. The van der Waals surface area contributed by atoms with Crippen molar-refractivity contribution in [3.63, 3.8) is 0 Å². The lowest BCUT2D eigenvalue weighted by Crippen LogP contribution is -2.37. The molecule has 1 N–H and O–H groups in total. The van der Waals surface area contributed by atoms with Crippen molar-refractivity contribution in [2.24, 2.45) is 0 Å². The number of ether oxygens (including phenoxy) is 1. The number of aryl methyl sites for hydroxylation is 2. The molecule has 1 aliphatic rings. The maximum absolute atomic E-state index is 13.0. The van der Waals surface area contributed by atoms with Crippen LogP contribution in [0.3, 0.4) is 0 Å². The molecular weight excluding hydrogens is 474 g/mol. The Morgan fingerprint density at radius 3 is 2.37 bits per heavy atom. The number of carbonyl (C=O) groups is 2. The lowest BCUT2D eigenvalue weighted by atomic mass is 9.90. The molecule has 0 aromatic heterocycles. The Hall–Kier alpha value is -3.60. The summed E-state index contributed by atoms with van der Waals surface area (Å²) in [4.78, 5) is 25.9. The van der Waals surface area contributed by atoms with Gasteiger partial charge >= 0.3 is 5.97 Å². The minimum absolute atomic E-state index is 0.133. The van der Waals surface area contributed by atoms with Gasteiger partial charge in [0, 0.05) is 25.8 Å². The quantitative estimate of drug-likeness (QED) is 0.334. The van der Waals surface area contributed by atoms with Crippen LogP contribution in [-0.2, 0) is 35.3 Å². The monoisotopic (exact) mass is 513 g/mol. The maximum atomic E-state index is 13.0. The number of fused-ring (bicyclic) bond motifs is 1. The van der Waals surface area contributed by atoms with Gasteiger partial charge in [0.25, 0.3) is 0 Å². The summed E-state index contributed by atoms with van der Waals surface area (Å²) in [5, 5.41) is 9.35. The molecule has 3 aromatic rings. The number of carbonyl (C=O) groups excluding carboxylic acids is 1. The second-order valence-electron chi connectivity index (χ2n) is 11.2. The summed E-state index contributed by atoms with van der Waals surface area (Å²) in [5.41, 5.74) is 6.79. The fraction of sp³-hybridized carbons (Fsp3) is 0.394. The first-order valence-corrected chi connectivity index (χ1v) is 13.5. The highest BCUT2D eigenvalue weighted by Crippen LogP contribution is 2.37. The van der Waals surface area contributed by atoms with Crippen LogP contribution in [0.5, 0.6) is 5.75 Å². The standard InChI is InChI=1S/C33H39NO4/c1-23(2)28-12-8-27(9-13-28)20-33(4)21-29-19-26(10-14-30(29)38-33)11-15-31(35)34(22-32(36)37)17-16-25-7-5-6-24(3)18-25/h5-10,12-14,18-19,23H,11,15-17,20-22H2,1-4H3,(H,36,37). The van der Waals surface area contributed by atoms with E-state index in [0.717, 1.165) is 40.8 Å². The van der Waals surface area contributed by atoms with Crippen LogP contribution in [0, 0.1) is 6.92 Å². The fourth-order valence-corrected chi connectivity index (χ4v) is 5.28. The van der Waals surface area contributed by atoms with Gasteiger partial charge < -0.3 is 14.7 Å². The summed E-state index contributed by atoms with van der Waals surface area (Å²) >= 11 is 0. The molecule has 1 aliphatic heterocycles. The minimum atomic E-state index is -0.990. The largest absolute Gasteiger partial charge is 0.487 e. The van der Waals surface area contributed by atoms with Crippen LogP contribution >= 0.6 is 0 Å². The number of carboxylic acids is 1. The van der Waals surface area contributed by atoms with Crippen molar-refractivity contribution < 1.29 is 19.4 Å². The molecule has 1 atom stereocenters. The molecule has 0 fully saturated rings.